The number of carbonyl (C=O) groups excluding carboxylic acids is 2. The van der Waals surface area contributed by atoms with Crippen molar-refractivity contribution in [3.05, 3.63) is 0 Å². The molecule has 1 aliphatic rings. The summed E-state index contributed by atoms with van der Waals surface area (Å²) in [7, 11) is 0. The largest absolute Gasteiger partial charge is 0.457 e. The monoisotopic (exact) mass is 255 g/mol. The zero-order valence-electron chi connectivity index (χ0n) is 12.0. The van der Waals surface area contributed by atoms with E-state index in [0.29, 0.717) is 19.4 Å². The van der Waals surface area contributed by atoms with Crippen LogP contribution in [0.1, 0.15) is 53.4 Å². The number of hydrogen-bond acceptors (Lipinski definition) is 4. The van der Waals surface area contributed by atoms with Crippen molar-refractivity contribution in [2.24, 2.45) is 0 Å². The quantitative estimate of drug-likeness (QED) is 0.682. The number of carbonyl (C=O) groups is 2. The number of nitrogens with zero attached hydrogens (tertiary/aromatic N) is 1. The maximum Gasteiger partial charge on any atom is 0.324 e. The van der Waals surface area contributed by atoms with Gasteiger partial charge in [0.15, 0.2) is 0 Å². The second-order valence-electron chi connectivity index (χ2n) is 5.61. The highest BCUT2D eigenvalue weighted by Crippen LogP contribution is 2.23. The van der Waals surface area contributed by atoms with Crippen LogP contribution in [0.3, 0.4) is 0 Å². The van der Waals surface area contributed by atoms with Crippen LogP contribution in [0.25, 0.3) is 0 Å². The molecule has 4 heteroatoms. The number of likely N-dealkylation sites (N-methyl/N-ethyl adjacent to an activating group) is 1. The first-order valence-corrected chi connectivity index (χ1v) is 6.88. The molecule has 0 radical (unpaired) electrons. The van der Waals surface area contributed by atoms with Gasteiger partial charge < -0.3 is 4.74 Å². The third-order valence-electron chi connectivity index (χ3n) is 3.31. The molecule has 0 aromatic heterocycles. The molecule has 0 aromatic rings. The molecule has 0 bridgehead atoms. The van der Waals surface area contributed by atoms with Gasteiger partial charge in [-0.2, -0.15) is 0 Å². The number of Topliss-reactive ketones (excluding diaryl/α,β-unsaturated/α-hetero) is 1. The summed E-state index contributed by atoms with van der Waals surface area (Å²) in [4.78, 5) is 25.8. The molecule has 1 fully saturated rings. The zero-order valence-corrected chi connectivity index (χ0v) is 12.0. The summed E-state index contributed by atoms with van der Waals surface area (Å²) >= 11 is 0. The average molecular weight is 255 g/mol. The number of unbranched alkanes of at least 4 members (excludes halogenated alkanes) is 1. The number of ether oxygens (including phenoxy) is 1. The number of morpholine rings is 1. The van der Waals surface area contributed by atoms with Crippen molar-refractivity contribution in [1.82, 2.24) is 4.90 Å². The van der Waals surface area contributed by atoms with Crippen molar-refractivity contribution < 1.29 is 14.3 Å². The van der Waals surface area contributed by atoms with Crippen molar-refractivity contribution in [3.8, 4) is 0 Å². The van der Waals surface area contributed by atoms with Crippen LogP contribution >= 0.6 is 0 Å². The standard InChI is InChI=1S/C14H25NO3/c1-5-7-8-11(16)9-12-13(17)18-14(3,4)10-15(12)6-2/h12H,5-10H2,1-4H3. The fourth-order valence-corrected chi connectivity index (χ4v) is 2.36. The lowest BCUT2D eigenvalue weighted by Crippen LogP contribution is -2.57. The number of hydrogen-bond donors (Lipinski definition) is 0. The third kappa shape index (κ3) is 4.09. The summed E-state index contributed by atoms with van der Waals surface area (Å²) < 4.78 is 5.39. The van der Waals surface area contributed by atoms with E-state index in [0.717, 1.165) is 19.4 Å². The molecule has 4 nitrogen and oxygen atoms in total. The van der Waals surface area contributed by atoms with Gasteiger partial charge >= 0.3 is 5.97 Å². The molecule has 1 heterocycles. The van der Waals surface area contributed by atoms with E-state index in [9.17, 15) is 9.59 Å². The number of ketones is 1. The molecule has 1 saturated heterocycles. The summed E-state index contributed by atoms with van der Waals surface area (Å²) in [5.74, 6) is -0.0881. The van der Waals surface area contributed by atoms with Gasteiger partial charge in [-0.1, -0.05) is 20.3 Å². The lowest BCUT2D eigenvalue weighted by atomic mass is 9.99. The lowest BCUT2D eigenvalue weighted by molar-refractivity contribution is -0.178. The highest BCUT2D eigenvalue weighted by molar-refractivity contribution is 5.87. The Morgan fingerprint density at radius 3 is 2.67 bits per heavy atom. The minimum absolute atomic E-state index is 0.164. The SMILES string of the molecule is CCCCC(=O)CC1C(=O)OC(C)(C)CN1CC. The van der Waals surface area contributed by atoms with E-state index >= 15 is 0 Å². The van der Waals surface area contributed by atoms with Crippen LogP contribution in [0.4, 0.5) is 0 Å². The van der Waals surface area contributed by atoms with E-state index in [2.05, 4.69) is 11.8 Å². The van der Waals surface area contributed by atoms with Crippen LogP contribution in [-0.2, 0) is 14.3 Å². The first-order valence-electron chi connectivity index (χ1n) is 6.88. The zero-order chi connectivity index (χ0) is 13.8. The van der Waals surface area contributed by atoms with Crippen molar-refractivity contribution in [2.75, 3.05) is 13.1 Å². The van der Waals surface area contributed by atoms with Crippen LogP contribution in [0, 0.1) is 0 Å². The van der Waals surface area contributed by atoms with Crippen LogP contribution in [0.2, 0.25) is 0 Å². The topological polar surface area (TPSA) is 46.6 Å². The van der Waals surface area contributed by atoms with Crippen molar-refractivity contribution in [1.29, 1.82) is 0 Å². The molecule has 0 N–H and O–H groups in total. The van der Waals surface area contributed by atoms with Gasteiger partial charge in [0, 0.05) is 19.4 Å². The molecule has 0 aliphatic carbocycles. The van der Waals surface area contributed by atoms with Gasteiger partial charge in [0.1, 0.15) is 17.4 Å². The predicted octanol–water partition coefficient (Wildman–Crippen LogP) is 2.16. The second kappa shape index (κ2) is 6.32. The van der Waals surface area contributed by atoms with Gasteiger partial charge in [0.05, 0.1) is 0 Å². The van der Waals surface area contributed by atoms with Gasteiger partial charge in [0.2, 0.25) is 0 Å². The first kappa shape index (κ1) is 15.2. The summed E-state index contributed by atoms with van der Waals surface area (Å²) in [6.45, 7) is 9.35. The van der Waals surface area contributed by atoms with E-state index in [1.165, 1.54) is 0 Å². The normalized spacial score (nSPS) is 23.8. The molecule has 1 aliphatic heterocycles. The highest BCUT2D eigenvalue weighted by atomic mass is 16.6. The Morgan fingerprint density at radius 2 is 2.11 bits per heavy atom. The minimum Gasteiger partial charge on any atom is -0.457 e. The van der Waals surface area contributed by atoms with Crippen molar-refractivity contribution >= 4 is 11.8 Å². The van der Waals surface area contributed by atoms with Crippen LogP contribution in [0.15, 0.2) is 0 Å². The Labute approximate surface area is 110 Å². The van der Waals surface area contributed by atoms with E-state index in [1.54, 1.807) is 0 Å². The van der Waals surface area contributed by atoms with Gasteiger partial charge in [-0.05, 0) is 26.8 Å². The predicted molar refractivity (Wildman–Crippen MR) is 70.4 cm³/mol. The van der Waals surface area contributed by atoms with Gasteiger partial charge in [0.25, 0.3) is 0 Å². The molecule has 0 saturated carbocycles. The summed E-state index contributed by atoms with van der Waals surface area (Å²) in [6, 6.07) is -0.382. The molecule has 18 heavy (non-hydrogen) atoms. The molecule has 0 spiro atoms. The summed E-state index contributed by atoms with van der Waals surface area (Å²) in [6.07, 6.45) is 2.77. The Morgan fingerprint density at radius 1 is 1.44 bits per heavy atom. The Balaban J connectivity index is 2.62. The highest BCUT2D eigenvalue weighted by Gasteiger charge is 2.40. The molecular weight excluding hydrogens is 230 g/mol. The fourth-order valence-electron chi connectivity index (χ4n) is 2.36. The van der Waals surface area contributed by atoms with Crippen molar-refractivity contribution in [3.63, 3.8) is 0 Å². The smallest absolute Gasteiger partial charge is 0.324 e. The Hall–Kier alpha value is -0.900. The summed E-state index contributed by atoms with van der Waals surface area (Å²) in [5.41, 5.74) is -0.448. The fraction of sp³-hybridized carbons (Fsp3) is 0.857. The maximum atomic E-state index is 12.0. The second-order valence-corrected chi connectivity index (χ2v) is 5.61. The van der Waals surface area contributed by atoms with Crippen LogP contribution in [0.5, 0.6) is 0 Å². The lowest BCUT2D eigenvalue weighted by Gasteiger charge is -2.41. The van der Waals surface area contributed by atoms with Crippen LogP contribution < -0.4 is 0 Å². The van der Waals surface area contributed by atoms with E-state index in [1.807, 2.05) is 20.8 Å². The van der Waals surface area contributed by atoms with Crippen molar-refractivity contribution in [2.45, 2.75) is 65.0 Å². The molecular formula is C14H25NO3. The van der Waals surface area contributed by atoms with E-state index in [4.69, 9.17) is 4.74 Å². The van der Waals surface area contributed by atoms with Crippen LogP contribution in [-0.4, -0.2) is 41.4 Å². The third-order valence-corrected chi connectivity index (χ3v) is 3.31. The molecule has 1 rings (SSSR count). The average Bonchev–Trinajstić information content (AvgIpc) is 2.28. The number of esters is 1. The molecule has 0 amide bonds. The molecule has 1 unspecified atom stereocenters. The van der Waals surface area contributed by atoms with Gasteiger partial charge in [-0.3, -0.25) is 14.5 Å². The first-order chi connectivity index (χ1) is 8.39. The molecule has 0 aromatic carbocycles. The molecule has 104 valence electrons. The Kier molecular flexibility index (Phi) is 5.32. The Bertz CT molecular complexity index is 312. The number of rotatable bonds is 6. The van der Waals surface area contributed by atoms with Gasteiger partial charge in [-0.15, -0.1) is 0 Å². The minimum atomic E-state index is -0.448. The number of cyclic esters (lactones) is 1. The van der Waals surface area contributed by atoms with Gasteiger partial charge in [-0.25, -0.2) is 0 Å². The van der Waals surface area contributed by atoms with E-state index in [-0.39, 0.29) is 17.8 Å². The summed E-state index contributed by atoms with van der Waals surface area (Å²) in [5, 5.41) is 0. The maximum absolute atomic E-state index is 12.0. The molecule has 1 atom stereocenters. The van der Waals surface area contributed by atoms with E-state index < -0.39 is 5.60 Å².